The molecule has 1 N–H and O–H groups in total. The van der Waals surface area contributed by atoms with Crippen molar-refractivity contribution >= 4 is 0 Å². The van der Waals surface area contributed by atoms with Gasteiger partial charge in [0.1, 0.15) is 0 Å². The molecule has 0 aliphatic carbocycles. The highest BCUT2D eigenvalue weighted by atomic mass is 14.9. The molecule has 1 unspecified atom stereocenters. The molecule has 0 heterocycles. The highest BCUT2D eigenvalue weighted by Gasteiger charge is 2.01. The number of benzene rings is 1. The first-order valence-corrected chi connectivity index (χ1v) is 8.10. The van der Waals surface area contributed by atoms with Crippen molar-refractivity contribution < 1.29 is 0 Å². The quantitative estimate of drug-likeness (QED) is 0.533. The summed E-state index contributed by atoms with van der Waals surface area (Å²) in [4.78, 5) is 0. The minimum atomic E-state index is 0.635. The van der Waals surface area contributed by atoms with E-state index in [1.807, 2.05) is 0 Å². The van der Waals surface area contributed by atoms with E-state index in [-0.39, 0.29) is 0 Å². The van der Waals surface area contributed by atoms with Gasteiger partial charge >= 0.3 is 0 Å². The fourth-order valence-corrected chi connectivity index (χ4v) is 2.40. The fraction of sp³-hybridized carbons (Fsp3) is 0.667. The van der Waals surface area contributed by atoms with Gasteiger partial charge in [-0.2, -0.15) is 0 Å². The number of hydrogen-bond acceptors (Lipinski definition) is 1. The van der Waals surface area contributed by atoms with Gasteiger partial charge in [0.15, 0.2) is 0 Å². The van der Waals surface area contributed by atoms with Gasteiger partial charge in [0.05, 0.1) is 0 Å². The van der Waals surface area contributed by atoms with Crippen LogP contribution in [-0.4, -0.2) is 6.04 Å². The molecule has 1 rings (SSSR count). The maximum Gasteiger partial charge on any atom is 0.0207 e. The van der Waals surface area contributed by atoms with Crippen molar-refractivity contribution in [1.82, 2.24) is 5.32 Å². The van der Waals surface area contributed by atoms with Crippen LogP contribution in [0.15, 0.2) is 30.3 Å². The predicted octanol–water partition coefficient (Wildman–Crippen LogP) is 5.31. The lowest BCUT2D eigenvalue weighted by atomic mass is 10.1. The summed E-state index contributed by atoms with van der Waals surface area (Å²) >= 11 is 0. The average molecular weight is 261 g/mol. The molecule has 1 aromatic carbocycles. The van der Waals surface area contributed by atoms with Crippen LogP contribution in [-0.2, 0) is 6.54 Å². The lowest BCUT2D eigenvalue weighted by Crippen LogP contribution is -2.25. The summed E-state index contributed by atoms with van der Waals surface area (Å²) < 4.78 is 0. The van der Waals surface area contributed by atoms with E-state index < -0.39 is 0 Å². The second-order valence-corrected chi connectivity index (χ2v) is 5.68. The average Bonchev–Trinajstić information content (AvgIpc) is 2.45. The predicted molar refractivity (Wildman–Crippen MR) is 85.4 cm³/mol. The SMILES string of the molecule is CCCCCCCCCC(C)NCc1ccccc1. The Labute approximate surface area is 119 Å². The molecule has 1 nitrogen and oxygen atoms in total. The smallest absolute Gasteiger partial charge is 0.0207 e. The van der Waals surface area contributed by atoms with Gasteiger partial charge in [0.25, 0.3) is 0 Å². The van der Waals surface area contributed by atoms with Crippen LogP contribution in [0.5, 0.6) is 0 Å². The Hall–Kier alpha value is -0.820. The van der Waals surface area contributed by atoms with E-state index in [0.717, 1.165) is 6.54 Å². The zero-order valence-corrected chi connectivity index (χ0v) is 12.8. The van der Waals surface area contributed by atoms with Crippen molar-refractivity contribution in [2.75, 3.05) is 0 Å². The zero-order chi connectivity index (χ0) is 13.8. The Bertz CT molecular complexity index is 294. The van der Waals surface area contributed by atoms with E-state index in [2.05, 4.69) is 49.5 Å². The molecule has 0 aliphatic heterocycles. The Morgan fingerprint density at radius 2 is 1.53 bits per heavy atom. The second-order valence-electron chi connectivity index (χ2n) is 5.68. The summed E-state index contributed by atoms with van der Waals surface area (Å²) in [5, 5.41) is 3.61. The van der Waals surface area contributed by atoms with Crippen molar-refractivity contribution in [2.45, 2.75) is 77.8 Å². The molecule has 0 radical (unpaired) electrons. The normalized spacial score (nSPS) is 12.5. The van der Waals surface area contributed by atoms with E-state index >= 15 is 0 Å². The Morgan fingerprint density at radius 1 is 0.895 bits per heavy atom. The van der Waals surface area contributed by atoms with Gasteiger partial charge in [0.2, 0.25) is 0 Å². The summed E-state index contributed by atoms with van der Waals surface area (Å²) in [6.45, 7) is 5.58. The molecule has 19 heavy (non-hydrogen) atoms. The molecule has 0 fully saturated rings. The molecule has 1 aromatic rings. The molecular formula is C18H31N. The summed E-state index contributed by atoms with van der Waals surface area (Å²) in [5.41, 5.74) is 1.38. The summed E-state index contributed by atoms with van der Waals surface area (Å²) in [5.74, 6) is 0. The van der Waals surface area contributed by atoms with Crippen molar-refractivity contribution in [3.8, 4) is 0 Å². The Kier molecular flexibility index (Phi) is 9.44. The first-order chi connectivity index (χ1) is 9.33. The molecule has 108 valence electrons. The van der Waals surface area contributed by atoms with E-state index in [1.54, 1.807) is 0 Å². The minimum Gasteiger partial charge on any atom is -0.310 e. The molecule has 1 heteroatoms. The zero-order valence-electron chi connectivity index (χ0n) is 12.8. The maximum atomic E-state index is 3.61. The van der Waals surface area contributed by atoms with Crippen LogP contribution >= 0.6 is 0 Å². The van der Waals surface area contributed by atoms with Crippen LogP contribution in [0.3, 0.4) is 0 Å². The molecule has 0 bridgehead atoms. The van der Waals surface area contributed by atoms with Gasteiger partial charge in [-0.1, -0.05) is 82.2 Å². The summed E-state index contributed by atoms with van der Waals surface area (Å²) in [6.07, 6.45) is 11.1. The third-order valence-corrected chi connectivity index (χ3v) is 3.74. The van der Waals surface area contributed by atoms with E-state index in [4.69, 9.17) is 0 Å². The first-order valence-electron chi connectivity index (χ1n) is 8.10. The Morgan fingerprint density at radius 3 is 2.21 bits per heavy atom. The van der Waals surface area contributed by atoms with Gasteiger partial charge in [-0.25, -0.2) is 0 Å². The number of rotatable bonds is 11. The molecule has 0 amide bonds. The van der Waals surface area contributed by atoms with Crippen LogP contribution in [0, 0.1) is 0 Å². The fourth-order valence-electron chi connectivity index (χ4n) is 2.40. The van der Waals surface area contributed by atoms with E-state index in [9.17, 15) is 0 Å². The largest absolute Gasteiger partial charge is 0.310 e. The number of unbranched alkanes of at least 4 members (excludes halogenated alkanes) is 6. The van der Waals surface area contributed by atoms with Gasteiger partial charge in [0, 0.05) is 12.6 Å². The van der Waals surface area contributed by atoms with Crippen LogP contribution in [0.2, 0.25) is 0 Å². The molecular weight excluding hydrogens is 230 g/mol. The lowest BCUT2D eigenvalue weighted by Gasteiger charge is -2.13. The number of hydrogen-bond donors (Lipinski definition) is 1. The van der Waals surface area contributed by atoms with Crippen LogP contribution in [0.25, 0.3) is 0 Å². The topological polar surface area (TPSA) is 12.0 Å². The second kappa shape index (κ2) is 11.0. The minimum absolute atomic E-state index is 0.635. The summed E-state index contributed by atoms with van der Waals surface area (Å²) in [6, 6.07) is 11.3. The molecule has 0 saturated heterocycles. The molecule has 0 spiro atoms. The van der Waals surface area contributed by atoms with Crippen LogP contribution < -0.4 is 5.32 Å². The lowest BCUT2D eigenvalue weighted by molar-refractivity contribution is 0.477. The molecule has 1 atom stereocenters. The van der Waals surface area contributed by atoms with Crippen molar-refractivity contribution in [3.63, 3.8) is 0 Å². The maximum absolute atomic E-state index is 3.61. The highest BCUT2D eigenvalue weighted by Crippen LogP contribution is 2.10. The summed E-state index contributed by atoms with van der Waals surface area (Å²) in [7, 11) is 0. The van der Waals surface area contributed by atoms with Crippen LogP contribution in [0.4, 0.5) is 0 Å². The van der Waals surface area contributed by atoms with Crippen molar-refractivity contribution in [2.24, 2.45) is 0 Å². The van der Waals surface area contributed by atoms with Gasteiger partial charge < -0.3 is 5.32 Å². The Balaban J connectivity index is 1.95. The molecule has 0 aliphatic rings. The third kappa shape index (κ3) is 8.83. The molecule has 0 aromatic heterocycles. The first kappa shape index (κ1) is 16.2. The third-order valence-electron chi connectivity index (χ3n) is 3.74. The number of nitrogens with one attached hydrogen (secondary N) is 1. The van der Waals surface area contributed by atoms with E-state index in [1.165, 1.54) is 56.9 Å². The van der Waals surface area contributed by atoms with Gasteiger partial charge in [-0.15, -0.1) is 0 Å². The van der Waals surface area contributed by atoms with Crippen molar-refractivity contribution in [3.05, 3.63) is 35.9 Å². The highest BCUT2D eigenvalue weighted by molar-refractivity contribution is 5.14. The van der Waals surface area contributed by atoms with E-state index in [0.29, 0.717) is 6.04 Å². The van der Waals surface area contributed by atoms with Crippen molar-refractivity contribution in [1.29, 1.82) is 0 Å². The van der Waals surface area contributed by atoms with Gasteiger partial charge in [-0.3, -0.25) is 0 Å². The van der Waals surface area contributed by atoms with Crippen LogP contribution in [0.1, 0.15) is 70.8 Å². The van der Waals surface area contributed by atoms with Gasteiger partial charge in [-0.05, 0) is 18.9 Å². The standard InChI is InChI=1S/C18H31N/c1-3-4-5-6-7-8-10-13-17(2)19-16-18-14-11-9-12-15-18/h9,11-12,14-15,17,19H,3-8,10,13,16H2,1-2H3. The molecule has 0 saturated carbocycles. The monoisotopic (exact) mass is 261 g/mol.